The third-order valence-electron chi connectivity index (χ3n) is 2.72. The van der Waals surface area contributed by atoms with Gasteiger partial charge in [0, 0.05) is 10.6 Å². The quantitative estimate of drug-likeness (QED) is 0.845. The lowest BCUT2D eigenvalue weighted by molar-refractivity contribution is 0.0696. The number of aromatic carboxylic acids is 1. The maximum Gasteiger partial charge on any atom is 0.335 e. The highest BCUT2D eigenvalue weighted by Gasteiger charge is 2.28. The summed E-state index contributed by atoms with van der Waals surface area (Å²) in [6.07, 6.45) is 0. The van der Waals surface area contributed by atoms with Gasteiger partial charge in [0.05, 0.1) is 16.1 Å². The smallest absolute Gasteiger partial charge is 0.335 e. The normalized spacial score (nSPS) is 12.4. The largest absolute Gasteiger partial charge is 0.478 e. The molecule has 1 aromatic rings. The number of hydrogen-bond acceptors (Lipinski definition) is 4. The van der Waals surface area contributed by atoms with Gasteiger partial charge in [0.1, 0.15) is 5.82 Å². The minimum Gasteiger partial charge on any atom is -0.478 e. The minimum absolute atomic E-state index is 0.0208. The maximum atomic E-state index is 13.5. The zero-order valence-corrected chi connectivity index (χ0v) is 13.1. The molecule has 0 unspecified atom stereocenters. The molecule has 0 fully saturated rings. The first kappa shape index (κ1) is 17.0. The van der Waals surface area contributed by atoms with Crippen LogP contribution in [0.4, 0.5) is 4.39 Å². The highest BCUT2D eigenvalue weighted by molar-refractivity contribution is 8.01. The van der Waals surface area contributed by atoms with Crippen molar-refractivity contribution < 1.29 is 22.7 Å². The van der Waals surface area contributed by atoms with Gasteiger partial charge >= 0.3 is 5.97 Å². The topological polar surface area (TPSA) is 71.4 Å². The third kappa shape index (κ3) is 4.21. The van der Waals surface area contributed by atoms with Gasteiger partial charge in [-0.2, -0.15) is 0 Å². The molecule has 0 amide bonds. The average molecular weight is 320 g/mol. The maximum absolute atomic E-state index is 13.5. The Morgan fingerprint density at radius 3 is 2.45 bits per heavy atom. The summed E-state index contributed by atoms with van der Waals surface area (Å²) in [5.74, 6) is -1.60. The minimum atomic E-state index is -3.27. The van der Waals surface area contributed by atoms with Crippen LogP contribution in [0.2, 0.25) is 0 Å². The number of hydrogen-bond donors (Lipinski definition) is 1. The van der Waals surface area contributed by atoms with Crippen molar-refractivity contribution in [2.24, 2.45) is 0 Å². The molecule has 0 aliphatic carbocycles. The second-order valence-corrected chi connectivity index (χ2v) is 9.23. The Kier molecular flexibility index (Phi) is 5.21. The van der Waals surface area contributed by atoms with E-state index < -0.39 is 26.4 Å². The molecule has 0 heterocycles. The van der Waals surface area contributed by atoms with E-state index in [-0.39, 0.29) is 22.0 Å². The number of carbonyl (C=O) groups is 1. The first-order chi connectivity index (χ1) is 9.04. The summed E-state index contributed by atoms with van der Waals surface area (Å²) in [6.45, 7) is 4.83. The molecule has 1 N–H and O–H groups in total. The second kappa shape index (κ2) is 6.13. The fourth-order valence-corrected chi connectivity index (χ4v) is 3.77. The second-order valence-electron chi connectivity index (χ2n) is 5.23. The molecule has 0 saturated heterocycles. The van der Waals surface area contributed by atoms with E-state index in [4.69, 9.17) is 5.11 Å². The van der Waals surface area contributed by atoms with Crippen LogP contribution in [0.25, 0.3) is 0 Å². The van der Waals surface area contributed by atoms with Crippen LogP contribution < -0.4 is 0 Å². The highest BCUT2D eigenvalue weighted by Crippen LogP contribution is 2.25. The third-order valence-corrected chi connectivity index (χ3v) is 6.62. The molecule has 1 aromatic carbocycles. The van der Waals surface area contributed by atoms with Crippen LogP contribution in [0.1, 0.15) is 31.1 Å². The van der Waals surface area contributed by atoms with Crippen LogP contribution in [0, 0.1) is 5.82 Å². The van der Waals surface area contributed by atoms with Crippen molar-refractivity contribution in [3.63, 3.8) is 0 Å². The predicted octanol–water partition coefficient (Wildman–Crippen LogP) is 2.83. The summed E-state index contributed by atoms with van der Waals surface area (Å²) < 4.78 is 36.5. The molecule has 112 valence electrons. The number of carboxylic acids is 1. The first-order valence-electron chi connectivity index (χ1n) is 5.92. The van der Waals surface area contributed by atoms with Crippen molar-refractivity contribution in [2.45, 2.75) is 30.4 Å². The molecule has 0 radical (unpaired) electrons. The molecule has 0 spiro atoms. The van der Waals surface area contributed by atoms with Crippen molar-refractivity contribution in [1.82, 2.24) is 0 Å². The van der Waals surface area contributed by atoms with Gasteiger partial charge in [-0.1, -0.05) is 0 Å². The molecule has 7 heteroatoms. The van der Waals surface area contributed by atoms with Crippen LogP contribution in [-0.2, 0) is 9.84 Å². The van der Waals surface area contributed by atoms with Gasteiger partial charge in [-0.05, 0) is 39.0 Å². The molecule has 20 heavy (non-hydrogen) atoms. The Labute approximate surface area is 122 Å². The number of thioether (sulfide) groups is 1. The lowest BCUT2D eigenvalue weighted by Crippen LogP contribution is -2.31. The van der Waals surface area contributed by atoms with Crippen LogP contribution in [0.15, 0.2) is 23.1 Å². The lowest BCUT2D eigenvalue weighted by atomic mass is 10.2. The summed E-state index contributed by atoms with van der Waals surface area (Å²) in [4.78, 5) is 10.9. The van der Waals surface area contributed by atoms with Gasteiger partial charge < -0.3 is 5.11 Å². The fourth-order valence-electron chi connectivity index (χ4n) is 1.31. The van der Waals surface area contributed by atoms with Gasteiger partial charge in [0.15, 0.2) is 9.84 Å². The zero-order valence-electron chi connectivity index (χ0n) is 11.5. The number of rotatable bonds is 5. The summed E-state index contributed by atoms with van der Waals surface area (Å²) in [6, 6.07) is 3.46. The number of sulfone groups is 1. The van der Waals surface area contributed by atoms with Crippen molar-refractivity contribution in [3.8, 4) is 0 Å². The molecule has 0 aromatic heterocycles. The number of benzene rings is 1. The molecule has 0 atom stereocenters. The molecule has 0 aliphatic rings. The Morgan fingerprint density at radius 2 is 1.95 bits per heavy atom. The van der Waals surface area contributed by atoms with E-state index in [0.29, 0.717) is 0 Å². The zero-order chi connectivity index (χ0) is 15.6. The Hall–Kier alpha value is -1.08. The Balaban J connectivity index is 2.77. The molecule has 0 aliphatic heterocycles. The highest BCUT2D eigenvalue weighted by atomic mass is 32.2. The summed E-state index contributed by atoms with van der Waals surface area (Å²) in [7, 11) is -3.27. The van der Waals surface area contributed by atoms with Crippen molar-refractivity contribution in [1.29, 1.82) is 0 Å². The van der Waals surface area contributed by atoms with E-state index in [1.54, 1.807) is 20.8 Å². The lowest BCUT2D eigenvalue weighted by Gasteiger charge is -2.18. The van der Waals surface area contributed by atoms with Gasteiger partial charge in [-0.3, -0.25) is 0 Å². The summed E-state index contributed by atoms with van der Waals surface area (Å²) in [5, 5.41) is 8.83. The molecule has 4 nitrogen and oxygen atoms in total. The Bertz CT molecular complexity index is 603. The van der Waals surface area contributed by atoms with Gasteiger partial charge in [0.2, 0.25) is 0 Å². The van der Waals surface area contributed by atoms with Crippen LogP contribution in [0.5, 0.6) is 0 Å². The van der Waals surface area contributed by atoms with E-state index in [2.05, 4.69) is 0 Å². The molecular weight excluding hydrogens is 303 g/mol. The number of halogens is 1. The Morgan fingerprint density at radius 1 is 1.35 bits per heavy atom. The van der Waals surface area contributed by atoms with Crippen LogP contribution in [-0.4, -0.2) is 35.7 Å². The van der Waals surface area contributed by atoms with E-state index >= 15 is 0 Å². The first-order valence-corrected chi connectivity index (χ1v) is 8.56. The van der Waals surface area contributed by atoms with Gasteiger partial charge in [-0.25, -0.2) is 17.6 Å². The van der Waals surface area contributed by atoms with E-state index in [0.717, 1.165) is 17.8 Å². The van der Waals surface area contributed by atoms with E-state index in [9.17, 15) is 17.6 Å². The van der Waals surface area contributed by atoms with Gasteiger partial charge in [0.25, 0.3) is 0 Å². The van der Waals surface area contributed by atoms with Crippen molar-refractivity contribution in [2.75, 3.05) is 11.5 Å². The monoisotopic (exact) mass is 320 g/mol. The summed E-state index contributed by atoms with van der Waals surface area (Å²) in [5.41, 5.74) is -0.0208. The van der Waals surface area contributed by atoms with E-state index in [1.165, 1.54) is 12.1 Å². The summed E-state index contributed by atoms with van der Waals surface area (Å²) >= 11 is 1.00. The van der Waals surface area contributed by atoms with E-state index in [1.807, 2.05) is 0 Å². The molecular formula is C13H17FO4S2. The van der Waals surface area contributed by atoms with Gasteiger partial charge in [-0.15, -0.1) is 11.8 Å². The average Bonchev–Trinajstić information content (AvgIpc) is 2.29. The SMILES string of the molecule is CC(C)(C)S(=O)(=O)CCSc1cc(C(=O)O)ccc1F. The van der Waals surface area contributed by atoms with Crippen molar-refractivity contribution >= 4 is 27.6 Å². The fraction of sp³-hybridized carbons (Fsp3) is 0.462. The molecule has 0 saturated carbocycles. The standard InChI is InChI=1S/C13H17FO4S2/c1-13(2,3)20(17,18)7-6-19-11-8-9(12(15)16)4-5-10(11)14/h4-5,8H,6-7H2,1-3H3,(H,15,16). The van der Waals surface area contributed by atoms with Crippen LogP contribution >= 0.6 is 11.8 Å². The van der Waals surface area contributed by atoms with Crippen molar-refractivity contribution in [3.05, 3.63) is 29.6 Å². The molecule has 0 bridgehead atoms. The number of carboxylic acid groups (broad SMARTS) is 1. The predicted molar refractivity (Wildman–Crippen MR) is 77.6 cm³/mol. The van der Waals surface area contributed by atoms with Crippen LogP contribution in [0.3, 0.4) is 0 Å². The molecule has 1 rings (SSSR count).